The first-order valence-corrected chi connectivity index (χ1v) is 5.03. The maximum absolute atomic E-state index is 11.6. The number of anilines is 1. The molecular weight excluding hydrogens is 206 g/mol. The van der Waals surface area contributed by atoms with E-state index in [1.54, 1.807) is 0 Å². The van der Waals surface area contributed by atoms with E-state index < -0.39 is 0 Å². The second-order valence-corrected chi connectivity index (χ2v) is 3.85. The molecule has 1 aromatic heterocycles. The number of amides is 1. The normalized spacial score (nSPS) is 12.5. The van der Waals surface area contributed by atoms with Gasteiger partial charge in [0, 0.05) is 12.6 Å². The van der Waals surface area contributed by atoms with E-state index in [0.717, 1.165) is 0 Å². The van der Waals surface area contributed by atoms with Crippen LogP contribution in [0.5, 0.6) is 0 Å². The molecule has 0 aliphatic carbocycles. The van der Waals surface area contributed by atoms with Crippen LogP contribution >= 0.6 is 0 Å². The lowest BCUT2D eigenvalue weighted by Crippen LogP contribution is -2.38. The first kappa shape index (κ1) is 12.4. The molecule has 1 amide bonds. The van der Waals surface area contributed by atoms with Crippen molar-refractivity contribution in [2.24, 2.45) is 0 Å². The Morgan fingerprint density at radius 3 is 2.81 bits per heavy atom. The van der Waals surface area contributed by atoms with Gasteiger partial charge < -0.3 is 16.0 Å². The smallest absolute Gasteiger partial charge is 0.271 e. The average Bonchev–Trinajstić information content (AvgIpc) is 2.25. The Morgan fingerprint density at radius 2 is 2.25 bits per heavy atom. The Balaban J connectivity index is 2.53. The number of rotatable bonds is 4. The second-order valence-electron chi connectivity index (χ2n) is 3.85. The van der Waals surface area contributed by atoms with Crippen LogP contribution in [-0.2, 0) is 0 Å². The number of aromatic nitrogens is 2. The highest BCUT2D eigenvalue weighted by Crippen LogP contribution is 1.97. The van der Waals surface area contributed by atoms with Gasteiger partial charge >= 0.3 is 0 Å². The zero-order valence-corrected chi connectivity index (χ0v) is 9.77. The molecule has 1 unspecified atom stereocenters. The van der Waals surface area contributed by atoms with Crippen LogP contribution in [0, 0.1) is 0 Å². The van der Waals surface area contributed by atoms with Crippen LogP contribution in [0.25, 0.3) is 0 Å². The molecule has 3 N–H and O–H groups in total. The van der Waals surface area contributed by atoms with Crippen molar-refractivity contribution in [3.8, 4) is 0 Å². The predicted octanol–water partition coefficient (Wildman–Crippen LogP) is -0.261. The van der Waals surface area contributed by atoms with E-state index >= 15 is 0 Å². The number of nitrogens with one attached hydrogen (secondary N) is 1. The van der Waals surface area contributed by atoms with E-state index in [2.05, 4.69) is 15.3 Å². The number of nitrogens with zero attached hydrogens (tertiary/aromatic N) is 3. The van der Waals surface area contributed by atoms with Gasteiger partial charge in [-0.2, -0.15) is 0 Å². The molecule has 0 saturated carbocycles. The van der Waals surface area contributed by atoms with Crippen molar-refractivity contribution >= 4 is 11.7 Å². The van der Waals surface area contributed by atoms with Gasteiger partial charge in [-0.15, -0.1) is 0 Å². The third-order valence-corrected chi connectivity index (χ3v) is 2.33. The largest absolute Gasteiger partial charge is 0.382 e. The van der Waals surface area contributed by atoms with Crippen LogP contribution in [0.1, 0.15) is 17.4 Å². The molecule has 1 aromatic rings. The summed E-state index contributed by atoms with van der Waals surface area (Å²) in [5.74, 6) is -0.0122. The van der Waals surface area contributed by atoms with Gasteiger partial charge in [0.1, 0.15) is 11.5 Å². The summed E-state index contributed by atoms with van der Waals surface area (Å²) in [5.41, 5.74) is 5.68. The summed E-state index contributed by atoms with van der Waals surface area (Å²) in [4.78, 5) is 21.3. The summed E-state index contributed by atoms with van der Waals surface area (Å²) in [6, 6.07) is 0.262. The van der Waals surface area contributed by atoms with Crippen molar-refractivity contribution in [1.29, 1.82) is 0 Å². The van der Waals surface area contributed by atoms with Gasteiger partial charge in [0.05, 0.1) is 12.4 Å². The van der Waals surface area contributed by atoms with Crippen molar-refractivity contribution < 1.29 is 4.79 Å². The molecule has 0 aliphatic heterocycles. The quantitative estimate of drug-likeness (QED) is 0.734. The molecule has 6 nitrogen and oxygen atoms in total. The van der Waals surface area contributed by atoms with E-state index in [1.165, 1.54) is 12.4 Å². The predicted molar refractivity (Wildman–Crippen MR) is 61.9 cm³/mol. The molecule has 6 heteroatoms. The number of carbonyl (C=O) groups is 1. The zero-order chi connectivity index (χ0) is 12.1. The highest BCUT2D eigenvalue weighted by Gasteiger charge is 2.10. The average molecular weight is 223 g/mol. The van der Waals surface area contributed by atoms with Crippen LogP contribution in [0.3, 0.4) is 0 Å². The third kappa shape index (κ3) is 3.47. The maximum atomic E-state index is 11.6. The minimum absolute atomic E-state index is 0.242. The summed E-state index contributed by atoms with van der Waals surface area (Å²) < 4.78 is 0. The Bertz CT molecular complexity index is 366. The van der Waals surface area contributed by atoms with Crippen molar-refractivity contribution in [3.63, 3.8) is 0 Å². The molecular formula is C10H17N5O. The second kappa shape index (κ2) is 5.41. The fourth-order valence-electron chi connectivity index (χ4n) is 1.00. The Hall–Kier alpha value is -1.69. The van der Waals surface area contributed by atoms with Gasteiger partial charge in [0.15, 0.2) is 0 Å². The lowest BCUT2D eigenvalue weighted by Gasteiger charge is -2.19. The molecule has 1 atom stereocenters. The standard InChI is InChI=1S/C10H17N5O/c1-7(15(2)3)4-13-10(16)8-5-12-6-9(11)14-8/h5-7H,4H2,1-3H3,(H2,11,14)(H,13,16). The molecule has 1 heterocycles. The number of nitrogen functional groups attached to an aromatic ring is 1. The highest BCUT2D eigenvalue weighted by molar-refractivity contribution is 5.92. The molecule has 0 aromatic carbocycles. The molecule has 16 heavy (non-hydrogen) atoms. The first-order chi connectivity index (χ1) is 7.50. The summed E-state index contributed by atoms with van der Waals surface area (Å²) >= 11 is 0. The monoisotopic (exact) mass is 223 g/mol. The molecule has 0 bridgehead atoms. The summed E-state index contributed by atoms with van der Waals surface area (Å²) in [6.45, 7) is 2.58. The number of hydrogen-bond acceptors (Lipinski definition) is 5. The van der Waals surface area contributed by atoms with Crippen LogP contribution < -0.4 is 11.1 Å². The van der Waals surface area contributed by atoms with Crippen molar-refractivity contribution in [2.75, 3.05) is 26.4 Å². The van der Waals surface area contributed by atoms with E-state index in [1.807, 2.05) is 25.9 Å². The molecule has 1 rings (SSSR count). The van der Waals surface area contributed by atoms with Gasteiger partial charge in [-0.1, -0.05) is 0 Å². The van der Waals surface area contributed by atoms with E-state index in [-0.39, 0.29) is 23.5 Å². The van der Waals surface area contributed by atoms with Crippen LogP contribution in [0.2, 0.25) is 0 Å². The van der Waals surface area contributed by atoms with Gasteiger partial charge in [0.25, 0.3) is 5.91 Å². The van der Waals surface area contributed by atoms with Gasteiger partial charge in [-0.25, -0.2) is 4.98 Å². The van der Waals surface area contributed by atoms with E-state index in [4.69, 9.17) is 5.73 Å². The summed E-state index contributed by atoms with van der Waals surface area (Å²) in [6.07, 6.45) is 2.80. The lowest BCUT2D eigenvalue weighted by molar-refractivity contribution is 0.0938. The Labute approximate surface area is 94.9 Å². The van der Waals surface area contributed by atoms with Crippen LogP contribution in [-0.4, -0.2) is 47.5 Å². The summed E-state index contributed by atoms with van der Waals surface area (Å²) in [7, 11) is 3.91. The number of nitrogens with two attached hydrogens (primary N) is 1. The first-order valence-electron chi connectivity index (χ1n) is 5.03. The minimum Gasteiger partial charge on any atom is -0.382 e. The number of hydrogen-bond donors (Lipinski definition) is 2. The van der Waals surface area contributed by atoms with E-state index in [0.29, 0.717) is 6.54 Å². The lowest BCUT2D eigenvalue weighted by atomic mass is 10.3. The fraction of sp³-hybridized carbons (Fsp3) is 0.500. The van der Waals surface area contributed by atoms with Crippen molar-refractivity contribution in [2.45, 2.75) is 13.0 Å². The molecule has 0 fully saturated rings. The Morgan fingerprint density at radius 1 is 1.56 bits per heavy atom. The summed E-state index contributed by atoms with van der Waals surface area (Å²) in [5, 5.41) is 2.77. The molecule has 0 saturated heterocycles. The van der Waals surface area contributed by atoms with Gasteiger partial charge in [0.2, 0.25) is 0 Å². The van der Waals surface area contributed by atoms with Crippen LogP contribution in [0.4, 0.5) is 5.82 Å². The topological polar surface area (TPSA) is 84.1 Å². The Kier molecular flexibility index (Phi) is 4.19. The molecule has 0 radical (unpaired) electrons. The van der Waals surface area contributed by atoms with Crippen LogP contribution in [0.15, 0.2) is 12.4 Å². The zero-order valence-electron chi connectivity index (χ0n) is 9.77. The third-order valence-electron chi connectivity index (χ3n) is 2.33. The highest BCUT2D eigenvalue weighted by atomic mass is 16.1. The molecule has 88 valence electrons. The van der Waals surface area contributed by atoms with Crippen molar-refractivity contribution in [1.82, 2.24) is 20.2 Å². The number of carbonyl (C=O) groups excluding carboxylic acids is 1. The molecule has 0 spiro atoms. The SMILES string of the molecule is CC(CNC(=O)c1cncc(N)n1)N(C)C. The maximum Gasteiger partial charge on any atom is 0.271 e. The van der Waals surface area contributed by atoms with Gasteiger partial charge in [-0.05, 0) is 21.0 Å². The number of likely N-dealkylation sites (N-methyl/N-ethyl adjacent to an activating group) is 1. The fourth-order valence-corrected chi connectivity index (χ4v) is 1.00. The van der Waals surface area contributed by atoms with E-state index in [9.17, 15) is 4.79 Å². The minimum atomic E-state index is -0.256. The van der Waals surface area contributed by atoms with Crippen molar-refractivity contribution in [3.05, 3.63) is 18.1 Å². The van der Waals surface area contributed by atoms with Gasteiger partial charge in [-0.3, -0.25) is 9.78 Å². The molecule has 0 aliphatic rings.